The summed E-state index contributed by atoms with van der Waals surface area (Å²) in [7, 11) is 0. The number of hydrogen-bond donors (Lipinski definition) is 0. The summed E-state index contributed by atoms with van der Waals surface area (Å²) in [6.07, 6.45) is 1.33. The monoisotopic (exact) mass is 236 g/mol. The van der Waals surface area contributed by atoms with Crippen molar-refractivity contribution in [1.82, 2.24) is 0 Å². The molecule has 2 bridgehead atoms. The normalized spacial score (nSPS) is 17.4. The molecule has 0 spiro atoms. The maximum absolute atomic E-state index is 11.5. The lowest BCUT2D eigenvalue weighted by molar-refractivity contribution is -0.241. The number of rotatable bonds is 0. The lowest BCUT2D eigenvalue weighted by Gasteiger charge is -2.03. The third kappa shape index (κ3) is 3.04. The van der Waals surface area contributed by atoms with Gasteiger partial charge >= 0.3 is 11.9 Å². The van der Waals surface area contributed by atoms with Gasteiger partial charge in [0.2, 0.25) is 0 Å². The first kappa shape index (κ1) is 11.6. The van der Waals surface area contributed by atoms with Crippen LogP contribution in [0, 0.1) is 0 Å². The Balaban J connectivity index is 2.18. The Morgan fingerprint density at radius 2 is 1.41 bits per heavy atom. The van der Waals surface area contributed by atoms with Crippen molar-refractivity contribution >= 4 is 11.9 Å². The predicted octanol–water partition coefficient (Wildman–Crippen LogP) is 1.73. The Hall–Kier alpha value is -1.88. The van der Waals surface area contributed by atoms with Crippen LogP contribution in [0.25, 0.3) is 0 Å². The Bertz CT molecular complexity index is 370. The van der Waals surface area contributed by atoms with E-state index in [1.54, 1.807) is 0 Å². The van der Waals surface area contributed by atoms with Crippen molar-refractivity contribution in [2.24, 2.45) is 0 Å². The van der Waals surface area contributed by atoms with E-state index >= 15 is 0 Å². The summed E-state index contributed by atoms with van der Waals surface area (Å²) in [5, 5.41) is 0. The van der Waals surface area contributed by atoms with E-state index in [1.165, 1.54) is 24.3 Å². The van der Waals surface area contributed by atoms with Gasteiger partial charge in [0.15, 0.2) is 0 Å². The maximum Gasteiger partial charge on any atom is 0.373 e. The molecule has 5 nitrogen and oxygen atoms in total. The number of fused-ring (bicyclic) bond motifs is 10. The minimum absolute atomic E-state index is 0.292. The molecule has 3 rings (SSSR count). The smallest absolute Gasteiger partial charge is 0.373 e. The summed E-state index contributed by atoms with van der Waals surface area (Å²) < 4.78 is 5.04. The van der Waals surface area contributed by atoms with E-state index in [4.69, 9.17) is 9.62 Å². The van der Waals surface area contributed by atoms with E-state index in [2.05, 4.69) is 4.89 Å². The van der Waals surface area contributed by atoms with Crippen molar-refractivity contribution in [2.45, 2.75) is 12.8 Å². The van der Waals surface area contributed by atoms with Gasteiger partial charge in [-0.25, -0.2) is 9.59 Å². The zero-order valence-corrected chi connectivity index (χ0v) is 9.18. The second-order valence-electron chi connectivity index (χ2n) is 3.61. The van der Waals surface area contributed by atoms with Crippen molar-refractivity contribution < 1.29 is 24.1 Å². The zero-order valence-electron chi connectivity index (χ0n) is 9.18. The highest BCUT2D eigenvalue weighted by Crippen LogP contribution is 2.09. The van der Waals surface area contributed by atoms with Crippen LogP contribution in [0.1, 0.15) is 33.6 Å². The van der Waals surface area contributed by atoms with Crippen molar-refractivity contribution in [3.05, 3.63) is 35.4 Å². The van der Waals surface area contributed by atoms with Crippen molar-refractivity contribution in [3.8, 4) is 0 Å². The van der Waals surface area contributed by atoms with Crippen molar-refractivity contribution in [1.29, 1.82) is 0 Å². The Labute approximate surface area is 98.2 Å². The molecule has 0 radical (unpaired) electrons. The van der Waals surface area contributed by atoms with Gasteiger partial charge in [0.25, 0.3) is 0 Å². The van der Waals surface area contributed by atoms with E-state index in [1.807, 2.05) is 0 Å². The fourth-order valence-electron chi connectivity index (χ4n) is 1.40. The van der Waals surface area contributed by atoms with Crippen LogP contribution in [0.2, 0.25) is 0 Å². The van der Waals surface area contributed by atoms with E-state index in [-0.39, 0.29) is 5.97 Å². The molecule has 1 aromatic rings. The summed E-state index contributed by atoms with van der Waals surface area (Å²) in [6, 6.07) is 6.05. The molecule has 0 aromatic heterocycles. The molecule has 0 atom stereocenters. The third-order valence-electron chi connectivity index (χ3n) is 2.35. The van der Waals surface area contributed by atoms with Gasteiger partial charge in [0.05, 0.1) is 24.3 Å². The molecule has 1 aromatic carbocycles. The van der Waals surface area contributed by atoms with Gasteiger partial charge in [-0.05, 0) is 37.1 Å². The van der Waals surface area contributed by atoms with Crippen LogP contribution < -0.4 is 0 Å². The van der Waals surface area contributed by atoms with Crippen LogP contribution in [-0.2, 0) is 14.5 Å². The topological polar surface area (TPSA) is 61.8 Å². The Morgan fingerprint density at radius 1 is 0.824 bits per heavy atom. The average Bonchev–Trinajstić information content (AvgIpc) is 2.38. The first-order valence-corrected chi connectivity index (χ1v) is 5.38. The van der Waals surface area contributed by atoms with Crippen LogP contribution in [0.5, 0.6) is 0 Å². The molecular formula is C12H12O5. The summed E-state index contributed by atoms with van der Waals surface area (Å²) in [6.45, 7) is 0.623. The summed E-state index contributed by atoms with van der Waals surface area (Å²) >= 11 is 0. The van der Waals surface area contributed by atoms with Crippen LogP contribution in [0.15, 0.2) is 24.3 Å². The Kier molecular flexibility index (Phi) is 3.72. The largest absolute Gasteiger partial charge is 0.462 e. The molecule has 2 aliphatic rings. The molecule has 5 heteroatoms. The van der Waals surface area contributed by atoms with Gasteiger partial charge in [-0.2, -0.15) is 4.89 Å². The van der Waals surface area contributed by atoms with Gasteiger partial charge in [-0.1, -0.05) is 0 Å². The second-order valence-corrected chi connectivity index (χ2v) is 3.61. The highest BCUT2D eigenvalue weighted by atomic mass is 17.2. The fraction of sp³-hybridized carbons (Fsp3) is 0.333. The number of carbonyl (C=O) groups excluding carboxylic acids is 2. The molecule has 2 aliphatic heterocycles. The minimum Gasteiger partial charge on any atom is -0.462 e. The number of hydrogen-bond acceptors (Lipinski definition) is 5. The van der Waals surface area contributed by atoms with Crippen LogP contribution in [0.3, 0.4) is 0 Å². The van der Waals surface area contributed by atoms with Gasteiger partial charge in [-0.15, -0.1) is 0 Å². The quantitative estimate of drug-likeness (QED) is 0.507. The standard InChI is InChI=1S/C12H12O5/c13-11-9-3-5-10(6-4-9)12(14)17-16-8-2-1-7-15-11/h3-6H,1-2,7-8H2. The number of ether oxygens (including phenoxy) is 1. The molecule has 0 aliphatic carbocycles. The SMILES string of the molecule is O=C1OCCCCOOC(=O)c2ccc1cc2. The highest BCUT2D eigenvalue weighted by molar-refractivity contribution is 5.93. The van der Waals surface area contributed by atoms with E-state index < -0.39 is 5.97 Å². The lowest BCUT2D eigenvalue weighted by Crippen LogP contribution is -2.07. The van der Waals surface area contributed by atoms with Crippen LogP contribution in [-0.4, -0.2) is 25.2 Å². The lowest BCUT2D eigenvalue weighted by atomic mass is 10.1. The van der Waals surface area contributed by atoms with Crippen molar-refractivity contribution in [3.63, 3.8) is 0 Å². The molecular weight excluding hydrogens is 224 g/mol. The van der Waals surface area contributed by atoms with Gasteiger partial charge in [0, 0.05) is 0 Å². The molecule has 0 fully saturated rings. The summed E-state index contributed by atoms with van der Waals surface area (Å²) in [4.78, 5) is 32.3. The van der Waals surface area contributed by atoms with Crippen LogP contribution in [0.4, 0.5) is 0 Å². The van der Waals surface area contributed by atoms with Gasteiger partial charge in [-0.3, -0.25) is 4.89 Å². The number of benzene rings is 1. The molecule has 0 amide bonds. The molecule has 0 unspecified atom stereocenters. The van der Waals surface area contributed by atoms with E-state index in [9.17, 15) is 9.59 Å². The molecule has 0 N–H and O–H groups in total. The summed E-state index contributed by atoms with van der Waals surface area (Å²) in [5.74, 6) is -0.950. The maximum atomic E-state index is 11.5. The second kappa shape index (κ2) is 5.45. The highest BCUT2D eigenvalue weighted by Gasteiger charge is 2.12. The minimum atomic E-state index is -0.566. The van der Waals surface area contributed by atoms with E-state index in [0.29, 0.717) is 37.2 Å². The first-order chi connectivity index (χ1) is 8.27. The first-order valence-electron chi connectivity index (χ1n) is 5.38. The molecule has 0 saturated heterocycles. The number of esters is 1. The zero-order chi connectivity index (χ0) is 12.1. The predicted molar refractivity (Wildman–Crippen MR) is 57.3 cm³/mol. The molecule has 2 heterocycles. The number of carbonyl (C=O) groups is 2. The van der Waals surface area contributed by atoms with Gasteiger partial charge < -0.3 is 4.74 Å². The fourth-order valence-corrected chi connectivity index (χ4v) is 1.40. The Morgan fingerprint density at radius 3 is 2.12 bits per heavy atom. The molecule has 0 saturated carbocycles. The molecule has 90 valence electrons. The summed E-state index contributed by atoms with van der Waals surface area (Å²) in [5.41, 5.74) is 0.752. The third-order valence-corrected chi connectivity index (χ3v) is 2.35. The van der Waals surface area contributed by atoms with E-state index in [0.717, 1.165) is 0 Å². The van der Waals surface area contributed by atoms with Gasteiger partial charge in [0.1, 0.15) is 0 Å². The molecule has 17 heavy (non-hydrogen) atoms. The average molecular weight is 236 g/mol. The van der Waals surface area contributed by atoms with Crippen molar-refractivity contribution in [2.75, 3.05) is 13.2 Å². The van der Waals surface area contributed by atoms with Crippen LogP contribution >= 0.6 is 0 Å².